The van der Waals surface area contributed by atoms with Crippen molar-refractivity contribution in [2.45, 2.75) is 50.0 Å². The zero-order valence-corrected chi connectivity index (χ0v) is 16.5. The number of fused-ring (bicyclic) bond motifs is 1. The van der Waals surface area contributed by atoms with Gasteiger partial charge in [0.05, 0.1) is 11.1 Å². The standard InChI is InChI=1S/C20H21F3N4O4/c21-20(22,23)19(10-24)7-2-8-26(19)9-11-3-1-4-12-15(11)18(31)27(17(12)30)13-5-6-14(28)25-16(13)29/h1,3-4,13H,2,5-10,24H2,(H,25,28,29). The molecule has 1 aromatic rings. The first-order valence-corrected chi connectivity index (χ1v) is 9.96. The molecule has 0 radical (unpaired) electrons. The highest BCUT2D eigenvalue weighted by Crippen LogP contribution is 2.44. The number of nitrogens with one attached hydrogen (secondary N) is 1. The number of halogens is 3. The monoisotopic (exact) mass is 438 g/mol. The maximum Gasteiger partial charge on any atom is 0.408 e. The normalized spacial score (nSPS) is 27.1. The van der Waals surface area contributed by atoms with Crippen LogP contribution < -0.4 is 11.1 Å². The number of alkyl halides is 3. The number of likely N-dealkylation sites (tertiary alicyclic amines) is 1. The Labute approximate surface area is 175 Å². The van der Waals surface area contributed by atoms with Gasteiger partial charge in [0.1, 0.15) is 11.6 Å². The molecule has 0 aromatic heterocycles. The molecule has 4 amide bonds. The molecule has 31 heavy (non-hydrogen) atoms. The number of nitrogens with zero attached hydrogens (tertiary/aromatic N) is 2. The third-order valence-corrected chi connectivity index (χ3v) is 6.40. The van der Waals surface area contributed by atoms with Crippen molar-refractivity contribution in [3.63, 3.8) is 0 Å². The molecule has 0 spiro atoms. The van der Waals surface area contributed by atoms with Gasteiger partial charge in [-0.15, -0.1) is 0 Å². The van der Waals surface area contributed by atoms with E-state index in [1.54, 1.807) is 0 Å². The summed E-state index contributed by atoms with van der Waals surface area (Å²) >= 11 is 0. The zero-order valence-electron chi connectivity index (χ0n) is 16.5. The second-order valence-corrected chi connectivity index (χ2v) is 8.05. The van der Waals surface area contributed by atoms with E-state index >= 15 is 0 Å². The van der Waals surface area contributed by atoms with E-state index in [1.165, 1.54) is 23.1 Å². The first kappa shape index (κ1) is 21.4. The van der Waals surface area contributed by atoms with Crippen molar-refractivity contribution in [2.24, 2.45) is 5.73 Å². The maximum atomic E-state index is 13.8. The molecule has 3 aliphatic rings. The van der Waals surface area contributed by atoms with E-state index in [0.29, 0.717) is 6.42 Å². The SMILES string of the molecule is NCC1(C(F)(F)F)CCCN1Cc1cccc2c1C(=O)N(C1CCC(=O)NC1=O)C2=O. The van der Waals surface area contributed by atoms with Gasteiger partial charge >= 0.3 is 6.18 Å². The van der Waals surface area contributed by atoms with Gasteiger partial charge in [-0.05, 0) is 37.4 Å². The number of hydrogen-bond donors (Lipinski definition) is 2. The second-order valence-electron chi connectivity index (χ2n) is 8.05. The number of carbonyl (C=O) groups excluding carboxylic acids is 4. The van der Waals surface area contributed by atoms with Crippen molar-refractivity contribution in [3.05, 3.63) is 34.9 Å². The van der Waals surface area contributed by atoms with Crippen LogP contribution in [0.15, 0.2) is 18.2 Å². The summed E-state index contributed by atoms with van der Waals surface area (Å²) in [7, 11) is 0. The van der Waals surface area contributed by atoms with E-state index in [-0.39, 0.29) is 49.0 Å². The lowest BCUT2D eigenvalue weighted by atomic mass is 9.94. The second kappa shape index (κ2) is 7.41. The van der Waals surface area contributed by atoms with Crippen LogP contribution in [0.3, 0.4) is 0 Å². The summed E-state index contributed by atoms with van der Waals surface area (Å²) in [6, 6.07) is 3.28. The average molecular weight is 438 g/mol. The van der Waals surface area contributed by atoms with Crippen LogP contribution in [-0.2, 0) is 16.1 Å². The van der Waals surface area contributed by atoms with Crippen LogP contribution in [0.2, 0.25) is 0 Å². The summed E-state index contributed by atoms with van der Waals surface area (Å²) in [6.45, 7) is -0.664. The molecular weight excluding hydrogens is 417 g/mol. The Balaban J connectivity index is 1.67. The molecule has 2 saturated heterocycles. The molecule has 4 rings (SSSR count). The Morgan fingerprint density at radius 1 is 1.16 bits per heavy atom. The quantitative estimate of drug-likeness (QED) is 0.677. The van der Waals surface area contributed by atoms with Crippen LogP contribution >= 0.6 is 0 Å². The van der Waals surface area contributed by atoms with Crippen LogP contribution in [-0.4, -0.2) is 64.3 Å². The van der Waals surface area contributed by atoms with Gasteiger partial charge in [-0.1, -0.05) is 12.1 Å². The maximum absolute atomic E-state index is 13.8. The smallest absolute Gasteiger partial charge is 0.328 e. The van der Waals surface area contributed by atoms with Crippen LogP contribution in [0.5, 0.6) is 0 Å². The average Bonchev–Trinajstić information content (AvgIpc) is 3.23. The fourth-order valence-corrected chi connectivity index (χ4v) is 4.76. The van der Waals surface area contributed by atoms with Gasteiger partial charge in [0, 0.05) is 19.5 Å². The largest absolute Gasteiger partial charge is 0.408 e. The molecule has 2 fully saturated rings. The van der Waals surface area contributed by atoms with E-state index in [9.17, 15) is 32.3 Å². The van der Waals surface area contributed by atoms with E-state index in [4.69, 9.17) is 5.73 Å². The number of imide groups is 2. The van der Waals surface area contributed by atoms with E-state index < -0.39 is 47.9 Å². The summed E-state index contributed by atoms with van der Waals surface area (Å²) < 4.78 is 41.5. The number of hydrogen-bond acceptors (Lipinski definition) is 6. The van der Waals surface area contributed by atoms with E-state index in [1.807, 2.05) is 0 Å². The third-order valence-electron chi connectivity index (χ3n) is 6.40. The fourth-order valence-electron chi connectivity index (χ4n) is 4.76. The summed E-state index contributed by atoms with van der Waals surface area (Å²) in [5.74, 6) is -2.67. The highest BCUT2D eigenvalue weighted by atomic mass is 19.4. The lowest BCUT2D eigenvalue weighted by molar-refractivity contribution is -0.221. The number of carbonyl (C=O) groups is 4. The molecule has 11 heteroatoms. The highest BCUT2D eigenvalue weighted by Gasteiger charge is 2.59. The predicted octanol–water partition coefficient (Wildman–Crippen LogP) is 0.943. The molecule has 1 aromatic carbocycles. The molecule has 3 N–H and O–H groups in total. The molecule has 2 unspecified atom stereocenters. The Morgan fingerprint density at radius 3 is 2.55 bits per heavy atom. The first-order chi connectivity index (χ1) is 14.6. The Morgan fingerprint density at radius 2 is 1.90 bits per heavy atom. The van der Waals surface area contributed by atoms with Crippen molar-refractivity contribution >= 4 is 23.6 Å². The van der Waals surface area contributed by atoms with Crippen molar-refractivity contribution in [2.75, 3.05) is 13.1 Å². The van der Waals surface area contributed by atoms with Gasteiger partial charge in [0.2, 0.25) is 11.8 Å². The Hall–Kier alpha value is -2.79. The van der Waals surface area contributed by atoms with Gasteiger partial charge in [0.25, 0.3) is 11.8 Å². The molecule has 166 valence electrons. The van der Waals surface area contributed by atoms with E-state index in [2.05, 4.69) is 5.32 Å². The minimum Gasteiger partial charge on any atom is -0.328 e. The van der Waals surface area contributed by atoms with Crippen LogP contribution in [0.1, 0.15) is 52.0 Å². The summed E-state index contributed by atoms with van der Waals surface area (Å²) in [4.78, 5) is 51.7. The number of rotatable bonds is 4. The molecule has 8 nitrogen and oxygen atoms in total. The minimum atomic E-state index is -4.55. The van der Waals surface area contributed by atoms with Crippen LogP contribution in [0, 0.1) is 0 Å². The van der Waals surface area contributed by atoms with Crippen molar-refractivity contribution < 1.29 is 32.3 Å². The van der Waals surface area contributed by atoms with Gasteiger partial charge in [-0.25, -0.2) is 0 Å². The molecule has 3 aliphatic heterocycles. The number of amides is 4. The van der Waals surface area contributed by atoms with Crippen LogP contribution in [0.4, 0.5) is 13.2 Å². The lowest BCUT2D eigenvalue weighted by Crippen LogP contribution is -2.59. The lowest BCUT2D eigenvalue weighted by Gasteiger charge is -2.39. The number of benzene rings is 1. The van der Waals surface area contributed by atoms with Gasteiger partial charge < -0.3 is 5.73 Å². The first-order valence-electron chi connectivity index (χ1n) is 9.96. The fraction of sp³-hybridized carbons (Fsp3) is 0.500. The molecule has 0 saturated carbocycles. The van der Waals surface area contributed by atoms with Crippen molar-refractivity contribution in [1.29, 1.82) is 0 Å². The summed E-state index contributed by atoms with van der Waals surface area (Å²) in [5, 5.41) is 2.11. The molecule has 2 atom stereocenters. The van der Waals surface area contributed by atoms with Crippen molar-refractivity contribution in [3.8, 4) is 0 Å². The van der Waals surface area contributed by atoms with Crippen LogP contribution in [0.25, 0.3) is 0 Å². The molecular formula is C20H21F3N4O4. The Kier molecular flexibility index (Phi) is 5.13. The molecule has 0 bridgehead atoms. The highest BCUT2D eigenvalue weighted by molar-refractivity contribution is 6.24. The molecule has 0 aliphatic carbocycles. The minimum absolute atomic E-state index is 0.00194. The van der Waals surface area contributed by atoms with Gasteiger partial charge in [-0.3, -0.25) is 34.3 Å². The number of piperidine rings is 1. The summed E-state index contributed by atoms with van der Waals surface area (Å²) in [5.41, 5.74) is 3.66. The van der Waals surface area contributed by atoms with Crippen molar-refractivity contribution in [1.82, 2.24) is 15.1 Å². The topological polar surface area (TPSA) is 113 Å². The predicted molar refractivity (Wildman–Crippen MR) is 101 cm³/mol. The Bertz CT molecular complexity index is 980. The summed E-state index contributed by atoms with van der Waals surface area (Å²) in [6.07, 6.45) is -4.40. The van der Waals surface area contributed by atoms with Gasteiger partial charge in [-0.2, -0.15) is 13.2 Å². The van der Waals surface area contributed by atoms with E-state index in [0.717, 1.165) is 4.90 Å². The zero-order chi connectivity index (χ0) is 22.6. The third kappa shape index (κ3) is 3.23. The molecule has 3 heterocycles. The van der Waals surface area contributed by atoms with Gasteiger partial charge in [0.15, 0.2) is 0 Å². The number of nitrogens with two attached hydrogens (primary N) is 1.